The topological polar surface area (TPSA) is 110 Å². The Morgan fingerprint density at radius 3 is 2.49 bits per heavy atom. The summed E-state index contributed by atoms with van der Waals surface area (Å²) in [6.45, 7) is 3.58. The SMILES string of the molecule is CSCC[C@H](NC(=O)Cc1c(C)c2cc3c(-c4ccc(Cl)cc4)coc3c(C)c2oc1=O)C(=O)O. The summed E-state index contributed by atoms with van der Waals surface area (Å²) in [5.41, 5.74) is 3.63. The number of amides is 1. The molecule has 0 fully saturated rings. The molecule has 0 bridgehead atoms. The Morgan fingerprint density at radius 1 is 1.11 bits per heavy atom. The zero-order valence-corrected chi connectivity index (χ0v) is 21.0. The van der Waals surface area contributed by atoms with Crippen molar-refractivity contribution < 1.29 is 23.5 Å². The van der Waals surface area contributed by atoms with Gasteiger partial charge in [-0.2, -0.15) is 11.8 Å². The first-order valence-electron chi connectivity index (χ1n) is 11.0. The molecule has 35 heavy (non-hydrogen) atoms. The van der Waals surface area contributed by atoms with Crippen molar-refractivity contribution in [3.05, 3.63) is 68.7 Å². The lowest BCUT2D eigenvalue weighted by atomic mass is 9.97. The Labute approximate surface area is 210 Å². The van der Waals surface area contributed by atoms with E-state index >= 15 is 0 Å². The number of fused-ring (bicyclic) bond motifs is 2. The zero-order chi connectivity index (χ0) is 25.3. The number of halogens is 1. The van der Waals surface area contributed by atoms with Crippen LogP contribution in [0.25, 0.3) is 33.1 Å². The molecule has 4 aromatic rings. The van der Waals surface area contributed by atoms with Gasteiger partial charge < -0.3 is 19.3 Å². The first-order valence-corrected chi connectivity index (χ1v) is 12.7. The van der Waals surface area contributed by atoms with E-state index in [9.17, 15) is 19.5 Å². The van der Waals surface area contributed by atoms with E-state index in [2.05, 4.69) is 5.32 Å². The van der Waals surface area contributed by atoms with E-state index in [4.69, 9.17) is 20.4 Å². The van der Waals surface area contributed by atoms with E-state index in [0.29, 0.717) is 44.9 Å². The summed E-state index contributed by atoms with van der Waals surface area (Å²) in [7, 11) is 0. The monoisotopic (exact) mass is 513 g/mol. The average Bonchev–Trinajstić information content (AvgIpc) is 3.25. The molecule has 182 valence electrons. The molecular weight excluding hydrogens is 490 g/mol. The Hall–Kier alpha value is -3.23. The van der Waals surface area contributed by atoms with Crippen LogP contribution in [0, 0.1) is 13.8 Å². The number of rotatable bonds is 8. The van der Waals surface area contributed by atoms with Gasteiger partial charge in [0.1, 0.15) is 17.2 Å². The first-order chi connectivity index (χ1) is 16.7. The van der Waals surface area contributed by atoms with Crippen LogP contribution in [0.1, 0.15) is 23.1 Å². The minimum atomic E-state index is -1.11. The van der Waals surface area contributed by atoms with Crippen molar-refractivity contribution in [2.75, 3.05) is 12.0 Å². The summed E-state index contributed by atoms with van der Waals surface area (Å²) in [4.78, 5) is 37.0. The number of hydrogen-bond acceptors (Lipinski definition) is 6. The van der Waals surface area contributed by atoms with E-state index in [1.807, 2.05) is 31.4 Å². The van der Waals surface area contributed by atoms with Gasteiger partial charge in [-0.15, -0.1) is 0 Å². The summed E-state index contributed by atoms with van der Waals surface area (Å²) in [6.07, 6.45) is 3.53. The van der Waals surface area contributed by atoms with Crippen molar-refractivity contribution in [3.8, 4) is 11.1 Å². The fraction of sp³-hybridized carbons (Fsp3) is 0.269. The first kappa shape index (κ1) is 24.9. The molecule has 0 radical (unpaired) electrons. The van der Waals surface area contributed by atoms with Crippen LogP contribution in [-0.4, -0.2) is 35.0 Å². The second kappa shape index (κ2) is 10.2. The van der Waals surface area contributed by atoms with Crippen LogP contribution >= 0.6 is 23.4 Å². The number of furan rings is 1. The van der Waals surface area contributed by atoms with E-state index in [1.165, 1.54) is 11.8 Å². The molecule has 1 amide bonds. The van der Waals surface area contributed by atoms with Gasteiger partial charge >= 0.3 is 11.6 Å². The van der Waals surface area contributed by atoms with Crippen molar-refractivity contribution in [1.82, 2.24) is 5.32 Å². The number of benzene rings is 2. The van der Waals surface area contributed by atoms with Crippen LogP contribution in [0.5, 0.6) is 0 Å². The van der Waals surface area contributed by atoms with Gasteiger partial charge in [0.05, 0.1) is 18.2 Å². The molecule has 0 aliphatic carbocycles. The quantitative estimate of drug-likeness (QED) is 0.306. The second-order valence-electron chi connectivity index (χ2n) is 8.32. The Morgan fingerprint density at radius 2 is 1.83 bits per heavy atom. The summed E-state index contributed by atoms with van der Waals surface area (Å²) < 4.78 is 11.5. The maximum Gasteiger partial charge on any atom is 0.340 e. The van der Waals surface area contributed by atoms with Crippen molar-refractivity contribution in [2.24, 2.45) is 0 Å². The molecule has 7 nitrogen and oxygen atoms in total. The van der Waals surface area contributed by atoms with Crippen molar-refractivity contribution in [3.63, 3.8) is 0 Å². The molecular formula is C26H24ClNO6S. The highest BCUT2D eigenvalue weighted by Gasteiger charge is 2.23. The predicted octanol–water partition coefficient (Wildman–Crippen LogP) is 5.34. The fourth-order valence-electron chi connectivity index (χ4n) is 4.15. The lowest BCUT2D eigenvalue weighted by Gasteiger charge is -2.15. The van der Waals surface area contributed by atoms with Gasteiger partial charge in [-0.1, -0.05) is 23.7 Å². The summed E-state index contributed by atoms with van der Waals surface area (Å²) in [5.74, 6) is -1.07. The predicted molar refractivity (Wildman–Crippen MR) is 138 cm³/mol. The smallest absolute Gasteiger partial charge is 0.340 e. The molecule has 0 unspecified atom stereocenters. The van der Waals surface area contributed by atoms with Crippen LogP contribution < -0.4 is 10.9 Å². The van der Waals surface area contributed by atoms with Gasteiger partial charge in [0.15, 0.2) is 0 Å². The average molecular weight is 514 g/mol. The number of carbonyl (C=O) groups is 2. The van der Waals surface area contributed by atoms with Gasteiger partial charge in [0.2, 0.25) is 5.91 Å². The number of thioether (sulfide) groups is 1. The van der Waals surface area contributed by atoms with Gasteiger partial charge in [-0.3, -0.25) is 4.79 Å². The highest BCUT2D eigenvalue weighted by molar-refractivity contribution is 7.98. The van der Waals surface area contributed by atoms with Crippen molar-refractivity contribution in [1.29, 1.82) is 0 Å². The molecule has 0 aliphatic rings. The third kappa shape index (κ3) is 4.94. The van der Waals surface area contributed by atoms with Gasteiger partial charge in [-0.25, -0.2) is 9.59 Å². The van der Waals surface area contributed by atoms with E-state index in [0.717, 1.165) is 16.5 Å². The van der Waals surface area contributed by atoms with E-state index < -0.39 is 23.5 Å². The third-order valence-electron chi connectivity index (χ3n) is 6.08. The minimum absolute atomic E-state index is 0.194. The van der Waals surface area contributed by atoms with Gasteiger partial charge in [0, 0.05) is 26.9 Å². The second-order valence-corrected chi connectivity index (χ2v) is 9.74. The molecule has 2 aromatic heterocycles. The number of aryl methyl sites for hydroxylation is 2. The molecule has 1 atom stereocenters. The Balaban J connectivity index is 1.76. The lowest BCUT2D eigenvalue weighted by molar-refractivity contribution is -0.141. The number of carboxylic acids is 1. The summed E-state index contributed by atoms with van der Waals surface area (Å²) in [6, 6.07) is 8.27. The molecule has 0 saturated carbocycles. The van der Waals surface area contributed by atoms with Crippen LogP contribution in [0.2, 0.25) is 5.02 Å². The highest BCUT2D eigenvalue weighted by Crippen LogP contribution is 2.37. The largest absolute Gasteiger partial charge is 0.480 e. The van der Waals surface area contributed by atoms with Gasteiger partial charge in [-0.05, 0) is 61.6 Å². The standard InChI is InChI=1S/C26H24ClNO6S/c1-13-17-10-19-20(15-4-6-16(27)7-5-15)12-33-23(19)14(2)24(17)34-26(32)18(13)11-22(29)28-21(25(30)31)8-9-35-3/h4-7,10,12,21H,8-9,11H2,1-3H3,(H,28,29)(H,30,31)/t21-/m0/s1. The maximum absolute atomic E-state index is 12.8. The van der Waals surface area contributed by atoms with Crippen LogP contribution in [0.3, 0.4) is 0 Å². The third-order valence-corrected chi connectivity index (χ3v) is 6.97. The number of carboxylic acid groups (broad SMARTS) is 1. The number of hydrogen-bond donors (Lipinski definition) is 2. The Kier molecular flexibility index (Phi) is 7.23. The molecule has 0 aliphatic heterocycles. The normalized spacial score (nSPS) is 12.2. The number of carbonyl (C=O) groups excluding carboxylic acids is 1. The van der Waals surface area contributed by atoms with Crippen LogP contribution in [0.15, 0.2) is 50.2 Å². The summed E-state index contributed by atoms with van der Waals surface area (Å²) in [5, 5.41) is 14.1. The molecule has 0 spiro atoms. The molecule has 4 rings (SSSR count). The minimum Gasteiger partial charge on any atom is -0.480 e. The van der Waals surface area contributed by atoms with Gasteiger partial charge in [0.25, 0.3) is 0 Å². The molecule has 2 N–H and O–H groups in total. The fourth-order valence-corrected chi connectivity index (χ4v) is 4.75. The van der Waals surface area contributed by atoms with E-state index in [1.54, 1.807) is 25.3 Å². The van der Waals surface area contributed by atoms with Crippen molar-refractivity contribution in [2.45, 2.75) is 32.7 Å². The lowest BCUT2D eigenvalue weighted by Crippen LogP contribution is -2.42. The summed E-state index contributed by atoms with van der Waals surface area (Å²) >= 11 is 7.53. The Bertz CT molecular complexity index is 1490. The molecule has 2 aromatic carbocycles. The van der Waals surface area contributed by atoms with Crippen LogP contribution in [0.4, 0.5) is 0 Å². The molecule has 9 heteroatoms. The zero-order valence-electron chi connectivity index (χ0n) is 19.4. The molecule has 2 heterocycles. The van der Waals surface area contributed by atoms with E-state index in [-0.39, 0.29) is 12.0 Å². The molecule has 0 saturated heterocycles. The maximum atomic E-state index is 12.8. The van der Waals surface area contributed by atoms with Crippen LogP contribution in [-0.2, 0) is 16.0 Å². The highest BCUT2D eigenvalue weighted by atomic mass is 35.5. The number of nitrogens with one attached hydrogen (secondary N) is 1. The number of aliphatic carboxylic acids is 1. The van der Waals surface area contributed by atoms with Crippen molar-refractivity contribution >= 4 is 57.2 Å².